The van der Waals surface area contributed by atoms with Gasteiger partial charge in [0, 0.05) is 13.7 Å². The van der Waals surface area contributed by atoms with Gasteiger partial charge >= 0.3 is 0 Å². The van der Waals surface area contributed by atoms with E-state index in [0.29, 0.717) is 11.8 Å². The molecule has 0 bridgehead atoms. The van der Waals surface area contributed by atoms with E-state index in [4.69, 9.17) is 15.2 Å². The van der Waals surface area contributed by atoms with Crippen molar-refractivity contribution in [1.82, 2.24) is 0 Å². The summed E-state index contributed by atoms with van der Waals surface area (Å²) < 4.78 is 11.3. The highest BCUT2D eigenvalue weighted by molar-refractivity contribution is 5.03. The summed E-state index contributed by atoms with van der Waals surface area (Å²) in [4.78, 5) is 0. The lowest BCUT2D eigenvalue weighted by Gasteiger charge is -2.37. The molecule has 3 heteroatoms. The van der Waals surface area contributed by atoms with Crippen LogP contribution in [-0.4, -0.2) is 32.5 Å². The van der Waals surface area contributed by atoms with Gasteiger partial charge < -0.3 is 15.2 Å². The van der Waals surface area contributed by atoms with Crippen LogP contribution in [-0.2, 0) is 9.47 Å². The summed E-state index contributed by atoms with van der Waals surface area (Å²) in [5.41, 5.74) is 5.70. The van der Waals surface area contributed by atoms with Crippen molar-refractivity contribution in [2.24, 2.45) is 17.6 Å². The Bertz CT molecular complexity index is 184. The van der Waals surface area contributed by atoms with Crippen LogP contribution in [0.4, 0.5) is 0 Å². The maximum atomic E-state index is 5.98. The third-order valence-electron chi connectivity index (χ3n) is 3.67. The fraction of sp³-hybridized carbons (Fsp3) is 1.00. The summed E-state index contributed by atoms with van der Waals surface area (Å²) >= 11 is 0. The molecular formula is C11H21NO2. The topological polar surface area (TPSA) is 44.5 Å². The lowest BCUT2D eigenvalue weighted by molar-refractivity contribution is -0.131. The fourth-order valence-corrected chi connectivity index (χ4v) is 2.78. The largest absolute Gasteiger partial charge is 0.382 e. The zero-order valence-corrected chi connectivity index (χ0v) is 9.00. The summed E-state index contributed by atoms with van der Waals surface area (Å²) in [6.45, 7) is 2.45. The molecule has 0 aromatic carbocycles. The molecule has 14 heavy (non-hydrogen) atoms. The van der Waals surface area contributed by atoms with Crippen LogP contribution in [0.25, 0.3) is 0 Å². The molecule has 0 radical (unpaired) electrons. The molecule has 2 rings (SSSR count). The van der Waals surface area contributed by atoms with Crippen molar-refractivity contribution in [2.45, 2.75) is 31.3 Å². The Hall–Kier alpha value is -0.120. The van der Waals surface area contributed by atoms with Crippen LogP contribution in [0.3, 0.4) is 0 Å². The van der Waals surface area contributed by atoms with E-state index in [-0.39, 0.29) is 5.60 Å². The molecule has 1 aliphatic carbocycles. The Labute approximate surface area is 85.9 Å². The zero-order valence-electron chi connectivity index (χ0n) is 9.00. The van der Waals surface area contributed by atoms with Gasteiger partial charge in [-0.2, -0.15) is 0 Å². The lowest BCUT2D eigenvalue weighted by atomic mass is 9.88. The van der Waals surface area contributed by atoms with Crippen LogP contribution >= 0.6 is 0 Å². The molecule has 3 atom stereocenters. The van der Waals surface area contributed by atoms with Crippen molar-refractivity contribution in [3.05, 3.63) is 0 Å². The van der Waals surface area contributed by atoms with E-state index in [2.05, 4.69) is 0 Å². The molecule has 2 fully saturated rings. The molecule has 2 N–H and O–H groups in total. The molecule has 3 nitrogen and oxygen atoms in total. The number of hydrogen-bond acceptors (Lipinski definition) is 3. The van der Waals surface area contributed by atoms with Gasteiger partial charge in [-0.1, -0.05) is 0 Å². The van der Waals surface area contributed by atoms with Crippen LogP contribution in [0.1, 0.15) is 25.7 Å². The highest BCUT2D eigenvalue weighted by Crippen LogP contribution is 2.50. The summed E-state index contributed by atoms with van der Waals surface area (Å²) in [6.07, 6.45) is 4.87. The number of nitrogens with two attached hydrogens (primary N) is 1. The SMILES string of the molecule is COCC1(C2CC2CN)CCCCO1. The minimum atomic E-state index is 0.0109. The minimum Gasteiger partial charge on any atom is -0.382 e. The quantitative estimate of drug-likeness (QED) is 0.739. The zero-order chi connectivity index (χ0) is 10.0. The third-order valence-corrected chi connectivity index (χ3v) is 3.67. The minimum absolute atomic E-state index is 0.0109. The smallest absolute Gasteiger partial charge is 0.0945 e. The van der Waals surface area contributed by atoms with Gasteiger partial charge in [-0.3, -0.25) is 0 Å². The molecule has 1 heterocycles. The van der Waals surface area contributed by atoms with E-state index in [1.807, 2.05) is 0 Å². The average molecular weight is 199 g/mol. The highest BCUT2D eigenvalue weighted by atomic mass is 16.5. The number of hydrogen-bond donors (Lipinski definition) is 1. The molecule has 0 aromatic rings. The van der Waals surface area contributed by atoms with Gasteiger partial charge in [-0.05, 0) is 44.1 Å². The van der Waals surface area contributed by atoms with Crippen molar-refractivity contribution >= 4 is 0 Å². The predicted octanol–water partition coefficient (Wildman–Crippen LogP) is 1.17. The van der Waals surface area contributed by atoms with Gasteiger partial charge in [0.1, 0.15) is 0 Å². The summed E-state index contributed by atoms with van der Waals surface area (Å²) in [7, 11) is 1.76. The van der Waals surface area contributed by atoms with Crippen molar-refractivity contribution < 1.29 is 9.47 Å². The van der Waals surface area contributed by atoms with Gasteiger partial charge in [-0.15, -0.1) is 0 Å². The van der Waals surface area contributed by atoms with E-state index < -0.39 is 0 Å². The summed E-state index contributed by atoms with van der Waals surface area (Å²) in [5.74, 6) is 1.34. The second-order valence-corrected chi connectivity index (χ2v) is 4.64. The Balaban J connectivity index is 1.98. The van der Waals surface area contributed by atoms with Crippen LogP contribution in [0.2, 0.25) is 0 Å². The van der Waals surface area contributed by atoms with Gasteiger partial charge in [0.25, 0.3) is 0 Å². The predicted molar refractivity (Wildman–Crippen MR) is 55.1 cm³/mol. The van der Waals surface area contributed by atoms with E-state index in [9.17, 15) is 0 Å². The number of ether oxygens (including phenoxy) is 2. The van der Waals surface area contributed by atoms with Crippen molar-refractivity contribution in [3.8, 4) is 0 Å². The first-order chi connectivity index (χ1) is 6.82. The standard InChI is InChI=1S/C11H21NO2/c1-13-8-11(4-2-3-5-14-11)10-6-9(10)7-12/h9-10H,2-8,12H2,1H3. The normalized spacial score (nSPS) is 42.4. The summed E-state index contributed by atoms with van der Waals surface area (Å²) in [6, 6.07) is 0. The molecule has 2 aliphatic rings. The second kappa shape index (κ2) is 4.17. The lowest BCUT2D eigenvalue weighted by Crippen LogP contribution is -2.43. The maximum absolute atomic E-state index is 5.98. The summed E-state index contributed by atoms with van der Waals surface area (Å²) in [5, 5.41) is 0. The molecular weight excluding hydrogens is 178 g/mol. The molecule has 0 aromatic heterocycles. The molecule has 3 unspecified atom stereocenters. The molecule has 1 saturated heterocycles. The first-order valence-corrected chi connectivity index (χ1v) is 5.65. The first kappa shape index (κ1) is 10.4. The Kier molecular flexibility index (Phi) is 3.10. The average Bonchev–Trinajstić information content (AvgIpc) is 2.99. The molecule has 1 saturated carbocycles. The maximum Gasteiger partial charge on any atom is 0.0945 e. The van der Waals surface area contributed by atoms with Crippen molar-refractivity contribution in [2.75, 3.05) is 26.9 Å². The van der Waals surface area contributed by atoms with Crippen LogP contribution in [0.5, 0.6) is 0 Å². The van der Waals surface area contributed by atoms with Crippen molar-refractivity contribution in [3.63, 3.8) is 0 Å². The molecule has 1 aliphatic heterocycles. The van der Waals surface area contributed by atoms with E-state index in [1.54, 1.807) is 7.11 Å². The van der Waals surface area contributed by atoms with Gasteiger partial charge in [-0.25, -0.2) is 0 Å². The highest BCUT2D eigenvalue weighted by Gasteiger charge is 2.53. The van der Waals surface area contributed by atoms with Gasteiger partial charge in [0.2, 0.25) is 0 Å². The van der Waals surface area contributed by atoms with Crippen molar-refractivity contribution in [1.29, 1.82) is 0 Å². The third kappa shape index (κ3) is 1.81. The van der Waals surface area contributed by atoms with Gasteiger partial charge in [0.05, 0.1) is 12.2 Å². The number of rotatable bonds is 4. The molecule has 82 valence electrons. The molecule has 0 spiro atoms. The van der Waals surface area contributed by atoms with Crippen LogP contribution < -0.4 is 5.73 Å². The van der Waals surface area contributed by atoms with E-state index in [1.165, 1.54) is 19.3 Å². The first-order valence-electron chi connectivity index (χ1n) is 5.65. The Morgan fingerprint density at radius 1 is 1.50 bits per heavy atom. The van der Waals surface area contributed by atoms with Crippen LogP contribution in [0, 0.1) is 11.8 Å². The Morgan fingerprint density at radius 2 is 2.36 bits per heavy atom. The molecule has 0 amide bonds. The van der Waals surface area contributed by atoms with Crippen LogP contribution in [0.15, 0.2) is 0 Å². The van der Waals surface area contributed by atoms with E-state index >= 15 is 0 Å². The Morgan fingerprint density at radius 3 is 2.86 bits per heavy atom. The van der Waals surface area contributed by atoms with Gasteiger partial charge in [0.15, 0.2) is 0 Å². The fourth-order valence-electron chi connectivity index (χ4n) is 2.78. The van der Waals surface area contributed by atoms with E-state index in [0.717, 1.165) is 26.2 Å². The monoisotopic (exact) mass is 199 g/mol. The number of methoxy groups -OCH3 is 1. The second-order valence-electron chi connectivity index (χ2n) is 4.64.